The maximum absolute atomic E-state index is 12.9. The van der Waals surface area contributed by atoms with Gasteiger partial charge in [0.05, 0.1) is 0 Å². The molecule has 0 radical (unpaired) electrons. The van der Waals surface area contributed by atoms with Gasteiger partial charge in [0.2, 0.25) is 0 Å². The SMILES string of the molecule is O=c1ccc(F)cn1CCCc1ccccc1. The van der Waals surface area contributed by atoms with E-state index in [0.29, 0.717) is 6.54 Å². The van der Waals surface area contributed by atoms with Gasteiger partial charge in [0, 0.05) is 18.8 Å². The third kappa shape index (κ3) is 3.28. The Kier molecular flexibility index (Phi) is 3.70. The van der Waals surface area contributed by atoms with Crippen LogP contribution in [0.1, 0.15) is 12.0 Å². The van der Waals surface area contributed by atoms with Gasteiger partial charge >= 0.3 is 0 Å². The molecule has 2 nitrogen and oxygen atoms in total. The van der Waals surface area contributed by atoms with E-state index in [9.17, 15) is 9.18 Å². The number of aromatic nitrogens is 1. The minimum Gasteiger partial charge on any atom is -0.313 e. The molecular weight excluding hydrogens is 217 g/mol. The van der Waals surface area contributed by atoms with Gasteiger partial charge in [-0.25, -0.2) is 4.39 Å². The summed E-state index contributed by atoms with van der Waals surface area (Å²) in [5.74, 6) is -0.371. The summed E-state index contributed by atoms with van der Waals surface area (Å²) in [6, 6.07) is 12.5. The van der Waals surface area contributed by atoms with Crippen LogP contribution in [0.3, 0.4) is 0 Å². The van der Waals surface area contributed by atoms with E-state index < -0.39 is 0 Å². The maximum atomic E-state index is 12.9. The Bertz CT molecular complexity index is 533. The third-order valence-corrected chi connectivity index (χ3v) is 2.65. The van der Waals surface area contributed by atoms with Crippen LogP contribution in [-0.4, -0.2) is 4.57 Å². The zero-order chi connectivity index (χ0) is 12.1. The normalized spacial score (nSPS) is 10.4. The first-order valence-corrected chi connectivity index (χ1v) is 5.65. The van der Waals surface area contributed by atoms with Gasteiger partial charge in [0.1, 0.15) is 5.82 Å². The number of rotatable bonds is 4. The zero-order valence-electron chi connectivity index (χ0n) is 9.47. The van der Waals surface area contributed by atoms with E-state index >= 15 is 0 Å². The molecule has 88 valence electrons. The average molecular weight is 231 g/mol. The standard InChI is InChI=1S/C14H14FNO/c15-13-8-9-14(17)16(11-13)10-4-7-12-5-2-1-3-6-12/h1-3,5-6,8-9,11H,4,7,10H2. The van der Waals surface area contributed by atoms with Gasteiger partial charge in [-0.1, -0.05) is 30.3 Å². The van der Waals surface area contributed by atoms with Gasteiger partial charge in [-0.05, 0) is 24.5 Å². The summed E-state index contributed by atoms with van der Waals surface area (Å²) >= 11 is 0. The number of hydrogen-bond donors (Lipinski definition) is 0. The second-order valence-electron chi connectivity index (χ2n) is 3.97. The molecule has 3 heteroatoms. The summed E-state index contributed by atoms with van der Waals surface area (Å²) in [7, 11) is 0. The minimum absolute atomic E-state index is 0.153. The molecule has 0 aliphatic rings. The predicted molar refractivity (Wildman–Crippen MR) is 65.4 cm³/mol. The Labute approximate surface area is 99.3 Å². The van der Waals surface area contributed by atoms with E-state index in [4.69, 9.17) is 0 Å². The van der Waals surface area contributed by atoms with Crippen molar-refractivity contribution in [3.63, 3.8) is 0 Å². The first kappa shape index (κ1) is 11.6. The molecule has 0 unspecified atom stereocenters. The molecule has 1 heterocycles. The van der Waals surface area contributed by atoms with Crippen molar-refractivity contribution >= 4 is 0 Å². The first-order chi connectivity index (χ1) is 8.25. The number of hydrogen-bond acceptors (Lipinski definition) is 1. The van der Waals surface area contributed by atoms with E-state index in [-0.39, 0.29) is 11.4 Å². The molecule has 0 saturated heterocycles. The molecule has 2 aromatic rings. The lowest BCUT2D eigenvalue weighted by Gasteiger charge is -2.05. The monoisotopic (exact) mass is 231 g/mol. The topological polar surface area (TPSA) is 22.0 Å². The largest absolute Gasteiger partial charge is 0.313 e. The summed E-state index contributed by atoms with van der Waals surface area (Å²) in [6.07, 6.45) is 2.98. The van der Waals surface area contributed by atoms with Crippen LogP contribution in [0.25, 0.3) is 0 Å². The van der Waals surface area contributed by atoms with Crippen molar-refractivity contribution < 1.29 is 4.39 Å². The number of benzene rings is 1. The highest BCUT2D eigenvalue weighted by Gasteiger charge is 1.98. The van der Waals surface area contributed by atoms with Gasteiger partial charge in [-0.2, -0.15) is 0 Å². The highest BCUT2D eigenvalue weighted by molar-refractivity contribution is 5.14. The molecular formula is C14H14FNO. The van der Waals surface area contributed by atoms with Crippen molar-refractivity contribution in [3.05, 3.63) is 70.4 Å². The molecule has 0 aliphatic carbocycles. The summed E-state index contributed by atoms with van der Waals surface area (Å²) in [5.41, 5.74) is 1.08. The highest BCUT2D eigenvalue weighted by Crippen LogP contribution is 2.03. The van der Waals surface area contributed by atoms with Crippen molar-refractivity contribution in [2.24, 2.45) is 0 Å². The van der Waals surface area contributed by atoms with Crippen molar-refractivity contribution in [2.45, 2.75) is 19.4 Å². The van der Waals surface area contributed by atoms with Crippen LogP contribution in [-0.2, 0) is 13.0 Å². The molecule has 0 aliphatic heterocycles. The molecule has 0 N–H and O–H groups in total. The summed E-state index contributed by atoms with van der Waals surface area (Å²) < 4.78 is 14.4. The van der Waals surface area contributed by atoms with Crippen LogP contribution in [0.2, 0.25) is 0 Å². The van der Waals surface area contributed by atoms with Gasteiger partial charge in [-0.15, -0.1) is 0 Å². The lowest BCUT2D eigenvalue weighted by Crippen LogP contribution is -2.19. The van der Waals surface area contributed by atoms with Gasteiger partial charge in [-0.3, -0.25) is 4.79 Å². The zero-order valence-corrected chi connectivity index (χ0v) is 9.47. The van der Waals surface area contributed by atoms with Crippen molar-refractivity contribution in [1.82, 2.24) is 4.57 Å². The fourth-order valence-electron chi connectivity index (χ4n) is 1.78. The fraction of sp³-hybridized carbons (Fsp3) is 0.214. The van der Waals surface area contributed by atoms with Crippen molar-refractivity contribution in [3.8, 4) is 0 Å². The quantitative estimate of drug-likeness (QED) is 0.792. The Morgan fingerprint density at radius 1 is 1.06 bits per heavy atom. The van der Waals surface area contributed by atoms with Crippen LogP contribution in [0.15, 0.2) is 53.5 Å². The summed E-state index contributed by atoms with van der Waals surface area (Å²) in [6.45, 7) is 0.547. The van der Waals surface area contributed by atoms with E-state index in [1.165, 1.54) is 28.5 Å². The lowest BCUT2D eigenvalue weighted by atomic mass is 10.1. The molecule has 17 heavy (non-hydrogen) atoms. The lowest BCUT2D eigenvalue weighted by molar-refractivity contribution is 0.565. The molecule has 0 spiro atoms. The van der Waals surface area contributed by atoms with Gasteiger partial charge in [0.15, 0.2) is 0 Å². The number of aryl methyl sites for hydroxylation is 2. The molecule has 0 fully saturated rings. The van der Waals surface area contributed by atoms with Crippen LogP contribution < -0.4 is 5.56 Å². The first-order valence-electron chi connectivity index (χ1n) is 5.65. The van der Waals surface area contributed by atoms with E-state index in [2.05, 4.69) is 0 Å². The number of halogens is 1. The predicted octanol–water partition coefficient (Wildman–Crippen LogP) is 2.62. The Balaban J connectivity index is 1.94. The van der Waals surface area contributed by atoms with Gasteiger partial charge < -0.3 is 4.57 Å². The average Bonchev–Trinajstić information content (AvgIpc) is 2.35. The Morgan fingerprint density at radius 2 is 1.82 bits per heavy atom. The number of nitrogens with zero attached hydrogens (tertiary/aromatic N) is 1. The number of pyridine rings is 1. The maximum Gasteiger partial charge on any atom is 0.250 e. The third-order valence-electron chi connectivity index (χ3n) is 2.65. The summed E-state index contributed by atoms with van der Waals surface area (Å²) in [5, 5.41) is 0. The van der Waals surface area contributed by atoms with Crippen molar-refractivity contribution in [1.29, 1.82) is 0 Å². The molecule has 0 bridgehead atoms. The molecule has 0 atom stereocenters. The molecule has 1 aromatic heterocycles. The summed E-state index contributed by atoms with van der Waals surface area (Å²) in [4.78, 5) is 11.4. The Hall–Kier alpha value is -1.90. The molecule has 0 amide bonds. The fourth-order valence-corrected chi connectivity index (χ4v) is 1.78. The molecule has 0 saturated carbocycles. The van der Waals surface area contributed by atoms with Crippen molar-refractivity contribution in [2.75, 3.05) is 0 Å². The van der Waals surface area contributed by atoms with E-state index in [0.717, 1.165) is 12.8 Å². The van der Waals surface area contributed by atoms with Crippen LogP contribution in [0.5, 0.6) is 0 Å². The van der Waals surface area contributed by atoms with Crippen LogP contribution in [0, 0.1) is 5.82 Å². The smallest absolute Gasteiger partial charge is 0.250 e. The van der Waals surface area contributed by atoms with Crippen LogP contribution in [0.4, 0.5) is 4.39 Å². The second kappa shape index (κ2) is 5.43. The minimum atomic E-state index is -0.371. The Morgan fingerprint density at radius 3 is 2.59 bits per heavy atom. The second-order valence-corrected chi connectivity index (χ2v) is 3.97. The molecule has 2 rings (SSSR count). The van der Waals surface area contributed by atoms with Gasteiger partial charge in [0.25, 0.3) is 5.56 Å². The van der Waals surface area contributed by atoms with E-state index in [1.54, 1.807) is 0 Å². The molecule has 1 aromatic carbocycles. The van der Waals surface area contributed by atoms with E-state index in [1.807, 2.05) is 30.3 Å². The highest BCUT2D eigenvalue weighted by atomic mass is 19.1. The van der Waals surface area contributed by atoms with Crippen LogP contribution >= 0.6 is 0 Å².